The van der Waals surface area contributed by atoms with Crippen molar-refractivity contribution in [2.45, 2.75) is 60.8 Å². The van der Waals surface area contributed by atoms with Gasteiger partial charge in [0, 0.05) is 21.1 Å². The van der Waals surface area contributed by atoms with Crippen molar-refractivity contribution >= 4 is 4.73 Å². The Morgan fingerprint density at radius 2 is 1.67 bits per heavy atom. The fourth-order valence-corrected chi connectivity index (χ4v) is 3.18. The molecule has 0 heterocycles. The Bertz CT molecular complexity index is 215. The Kier molecular flexibility index (Phi) is 11.9. The summed E-state index contributed by atoms with van der Waals surface area (Å²) in [5.74, 6) is 3.67. The fourth-order valence-electron chi connectivity index (χ4n) is 2.57. The summed E-state index contributed by atoms with van der Waals surface area (Å²) in [5, 5.41) is 0. The largest absolute Gasteiger partial charge is 0 e. The van der Waals surface area contributed by atoms with E-state index in [-0.39, 0.29) is 21.1 Å². The minimum atomic E-state index is 0. The second-order valence-electron chi connectivity index (χ2n) is 6.75. The van der Waals surface area contributed by atoms with Crippen LogP contribution in [-0.2, 0) is 38.0 Å². The zero-order chi connectivity index (χ0) is 13.6. The van der Waals surface area contributed by atoms with E-state index in [1.165, 1.54) is 18.8 Å². The van der Waals surface area contributed by atoms with E-state index in [2.05, 4.69) is 70.2 Å². The summed E-state index contributed by atoms with van der Waals surface area (Å²) in [6.45, 7) is 17.3. The van der Waals surface area contributed by atoms with Crippen molar-refractivity contribution in [1.29, 1.82) is 0 Å². The van der Waals surface area contributed by atoms with Gasteiger partial charge in [-0.25, -0.2) is 0 Å². The third kappa shape index (κ3) is 7.66. The molecule has 3 unspecified atom stereocenters. The summed E-state index contributed by atoms with van der Waals surface area (Å²) in [5.41, 5.74) is 0.432. The predicted molar refractivity (Wildman–Crippen MR) is 74.4 cm³/mol. The smallest absolute Gasteiger partial charge is 0 e. The van der Waals surface area contributed by atoms with E-state index >= 15 is 0 Å². The van der Waals surface area contributed by atoms with Crippen molar-refractivity contribution in [3.8, 4) is 0 Å². The van der Waals surface area contributed by atoms with Gasteiger partial charge in [-0.15, -0.1) is 0 Å². The normalized spacial score (nSPS) is 27.2. The van der Waals surface area contributed by atoms with Crippen LogP contribution in [0.25, 0.3) is 0 Å². The summed E-state index contributed by atoms with van der Waals surface area (Å²) in [7, 11) is 0. The van der Waals surface area contributed by atoms with E-state index < -0.39 is 0 Å². The molecular weight excluding hydrogens is 427 g/mol. The molecule has 0 amide bonds. The molecule has 0 radical (unpaired) electrons. The van der Waals surface area contributed by atoms with Crippen LogP contribution in [0.4, 0.5) is 0 Å². The van der Waals surface area contributed by atoms with Crippen LogP contribution in [0.2, 0.25) is 0 Å². The molecule has 0 N–H and O–H groups in total. The molecule has 0 bridgehead atoms. The number of rotatable bonds is 2. The van der Waals surface area contributed by atoms with Gasteiger partial charge in [0.2, 0.25) is 0 Å². The maximum Gasteiger partial charge on any atom is 0 e. The molecule has 0 spiro atoms. The number of hydrogen-bond acceptors (Lipinski definition) is 0. The van der Waals surface area contributed by atoms with E-state index in [1.54, 1.807) is 0 Å². The van der Waals surface area contributed by atoms with E-state index in [0.717, 1.165) is 18.3 Å². The standard InChI is InChI=1S/C12H20.C4H9.V.W/c1-6-10-7-8-11(9(10)2)12(3,4)5;1-4(2)3;;/h9-11H,1,6-8H2,3-5H3;1-3H3;;/q-2;-1;;. The molecule has 0 aliphatic heterocycles. The van der Waals surface area contributed by atoms with Crippen LogP contribution in [0.1, 0.15) is 60.8 Å². The molecular formula is C16H29VW-3. The third-order valence-electron chi connectivity index (χ3n) is 3.42. The average molecular weight is 456 g/mol. The summed E-state index contributed by atoms with van der Waals surface area (Å²) in [4.78, 5) is 0. The second kappa shape index (κ2) is 9.95. The third-order valence-corrected chi connectivity index (χ3v) is 3.89. The molecule has 0 nitrogen and oxygen atoms in total. The SMILES string of the molecule is C[C-](C)C.[CH2-]CC1CCC(C(C)(C)C)C1[C-]=[V].[W]. The number of hydrogen-bond donors (Lipinski definition) is 0. The minimum Gasteiger partial charge on any atom is 0 e. The van der Waals surface area contributed by atoms with Crippen LogP contribution < -0.4 is 0 Å². The molecule has 1 aliphatic rings. The summed E-state index contributed by atoms with van der Waals surface area (Å²) >= 11 is 2.53. The summed E-state index contributed by atoms with van der Waals surface area (Å²) < 4.78 is 3.42. The Morgan fingerprint density at radius 1 is 1.22 bits per heavy atom. The van der Waals surface area contributed by atoms with Crippen molar-refractivity contribution in [3.63, 3.8) is 0 Å². The van der Waals surface area contributed by atoms with Crippen LogP contribution >= 0.6 is 0 Å². The van der Waals surface area contributed by atoms with Gasteiger partial charge < -0.3 is 5.92 Å². The van der Waals surface area contributed by atoms with Crippen molar-refractivity contribution < 1.29 is 38.0 Å². The Balaban J connectivity index is 0. The van der Waals surface area contributed by atoms with Crippen LogP contribution in [0.5, 0.6) is 0 Å². The van der Waals surface area contributed by atoms with E-state index in [9.17, 15) is 0 Å². The fraction of sp³-hybridized carbons (Fsp3) is 0.812. The molecule has 3 atom stereocenters. The first-order valence-electron chi connectivity index (χ1n) is 6.69. The van der Waals surface area contributed by atoms with Crippen molar-refractivity contribution in [2.75, 3.05) is 0 Å². The van der Waals surface area contributed by atoms with Gasteiger partial charge in [0.1, 0.15) is 0 Å². The Hall–Kier alpha value is 1.14. The maximum absolute atomic E-state index is 4.04. The second-order valence-corrected chi connectivity index (χ2v) is 7.16. The van der Waals surface area contributed by atoms with Gasteiger partial charge in [0.25, 0.3) is 0 Å². The predicted octanol–water partition coefficient (Wildman–Crippen LogP) is 4.74. The molecule has 18 heavy (non-hydrogen) atoms. The molecule has 1 saturated carbocycles. The molecule has 0 saturated heterocycles. The molecule has 0 aromatic heterocycles. The molecule has 107 valence electrons. The van der Waals surface area contributed by atoms with Gasteiger partial charge in [0.05, 0.1) is 0 Å². The summed E-state index contributed by atoms with van der Waals surface area (Å²) in [6, 6.07) is 0. The molecule has 2 heteroatoms. The monoisotopic (exact) mass is 456 g/mol. The quantitative estimate of drug-likeness (QED) is 0.527. The summed E-state index contributed by atoms with van der Waals surface area (Å²) in [6.07, 6.45) is 3.78. The first-order valence-corrected chi connectivity index (χ1v) is 7.39. The van der Waals surface area contributed by atoms with Crippen molar-refractivity contribution in [3.05, 3.63) is 12.8 Å². The van der Waals surface area contributed by atoms with Crippen LogP contribution in [-0.4, -0.2) is 4.73 Å². The molecule has 0 aromatic carbocycles. The zero-order valence-corrected chi connectivity index (χ0v) is 17.2. The van der Waals surface area contributed by atoms with Crippen LogP contribution in [0.3, 0.4) is 0 Å². The topological polar surface area (TPSA) is 0 Å². The molecule has 1 aliphatic carbocycles. The first kappa shape index (κ1) is 21.4. The molecule has 1 fully saturated rings. The van der Waals surface area contributed by atoms with E-state index in [1.807, 2.05) is 0 Å². The van der Waals surface area contributed by atoms with Crippen LogP contribution in [0, 0.1) is 36.0 Å². The van der Waals surface area contributed by atoms with Gasteiger partial charge >= 0.3 is 91.8 Å². The van der Waals surface area contributed by atoms with Gasteiger partial charge in [-0.3, -0.25) is 0 Å². The van der Waals surface area contributed by atoms with Gasteiger partial charge in [-0.1, -0.05) is 0 Å². The Morgan fingerprint density at radius 3 is 1.94 bits per heavy atom. The van der Waals surface area contributed by atoms with Gasteiger partial charge in [-0.05, 0) is 0 Å². The molecule has 0 aromatic rings. The Labute approximate surface area is 139 Å². The average Bonchev–Trinajstić information content (AvgIpc) is 2.58. The van der Waals surface area contributed by atoms with Crippen LogP contribution in [0.15, 0.2) is 0 Å². The van der Waals surface area contributed by atoms with Crippen molar-refractivity contribution in [1.82, 2.24) is 0 Å². The van der Waals surface area contributed by atoms with Gasteiger partial charge in [0.15, 0.2) is 0 Å². The maximum atomic E-state index is 4.04. The zero-order valence-electron chi connectivity index (χ0n) is 12.9. The molecule has 1 rings (SSSR count). The minimum absolute atomic E-state index is 0. The van der Waals surface area contributed by atoms with Crippen molar-refractivity contribution in [2.24, 2.45) is 23.2 Å². The van der Waals surface area contributed by atoms with E-state index in [0.29, 0.717) is 11.3 Å². The van der Waals surface area contributed by atoms with E-state index in [4.69, 9.17) is 0 Å². The van der Waals surface area contributed by atoms with Gasteiger partial charge in [-0.2, -0.15) is 20.8 Å². The first-order chi connectivity index (χ1) is 7.73.